The van der Waals surface area contributed by atoms with Gasteiger partial charge in [-0.25, -0.2) is 0 Å². The number of rotatable bonds is 6. The van der Waals surface area contributed by atoms with Crippen molar-refractivity contribution < 1.29 is 13.9 Å². The van der Waals surface area contributed by atoms with Crippen LogP contribution < -0.4 is 0 Å². The predicted octanol–water partition coefficient (Wildman–Crippen LogP) is 0.824. The molecule has 0 N–H and O–H groups in total. The zero-order chi connectivity index (χ0) is 10.7. The average molecular weight is 230 g/mol. The third-order valence-electron chi connectivity index (χ3n) is 3.66. The molecule has 1 atom stereocenters. The zero-order valence-electron chi connectivity index (χ0n) is 9.78. The molecule has 88 valence electrons. The van der Waals surface area contributed by atoms with E-state index in [1.54, 1.807) is 0 Å². The molecule has 2 aliphatic rings. The maximum atomic E-state index is 5.67. The summed E-state index contributed by atoms with van der Waals surface area (Å²) in [5.74, 6) is 2.36. The van der Waals surface area contributed by atoms with E-state index in [1.807, 2.05) is 0 Å². The first-order chi connectivity index (χ1) is 7.33. The summed E-state index contributed by atoms with van der Waals surface area (Å²) >= 11 is 0. The molecule has 2 saturated heterocycles. The predicted molar refractivity (Wildman–Crippen MR) is 61.7 cm³/mol. The highest BCUT2D eigenvalue weighted by atomic mass is 28.2. The van der Waals surface area contributed by atoms with E-state index in [0.717, 1.165) is 56.3 Å². The molecule has 2 fully saturated rings. The summed E-state index contributed by atoms with van der Waals surface area (Å²) in [6.45, 7) is 9.19. The van der Waals surface area contributed by atoms with E-state index in [0.29, 0.717) is 0 Å². The monoisotopic (exact) mass is 230 g/mol. The van der Waals surface area contributed by atoms with Crippen molar-refractivity contribution in [2.75, 3.05) is 33.0 Å². The third-order valence-corrected chi connectivity index (χ3v) is 5.37. The Labute approximate surface area is 94.4 Å². The van der Waals surface area contributed by atoms with Crippen LogP contribution in [0.2, 0.25) is 5.54 Å². The van der Waals surface area contributed by atoms with Gasteiger partial charge in [0.15, 0.2) is 9.76 Å². The minimum Gasteiger partial charge on any atom is -0.424 e. The van der Waals surface area contributed by atoms with Crippen LogP contribution in [-0.2, 0) is 13.9 Å². The molecule has 2 heterocycles. The second-order valence-corrected chi connectivity index (χ2v) is 6.84. The van der Waals surface area contributed by atoms with Crippen LogP contribution in [0.15, 0.2) is 0 Å². The molecule has 4 heteroatoms. The van der Waals surface area contributed by atoms with E-state index in [-0.39, 0.29) is 9.76 Å². The molecule has 0 aromatic heterocycles. The van der Waals surface area contributed by atoms with E-state index in [1.165, 1.54) is 0 Å². The number of ether oxygens (including phenoxy) is 2. The van der Waals surface area contributed by atoms with Gasteiger partial charge in [-0.1, -0.05) is 6.92 Å². The van der Waals surface area contributed by atoms with Gasteiger partial charge < -0.3 is 13.9 Å². The smallest absolute Gasteiger partial charge is 0.164 e. The molecule has 0 spiro atoms. The van der Waals surface area contributed by atoms with Gasteiger partial charge in [0.25, 0.3) is 0 Å². The molecular weight excluding hydrogens is 208 g/mol. The molecule has 1 unspecified atom stereocenters. The van der Waals surface area contributed by atoms with Gasteiger partial charge in [-0.3, -0.25) is 0 Å². The quantitative estimate of drug-likeness (QED) is 0.633. The fourth-order valence-corrected chi connectivity index (χ4v) is 4.28. The van der Waals surface area contributed by atoms with Gasteiger partial charge in [0.05, 0.1) is 26.4 Å². The van der Waals surface area contributed by atoms with Crippen LogP contribution in [0.4, 0.5) is 0 Å². The SMILES string of the molecule is CCO[SiH2]C(C)C(C1COC1)C1COC1. The van der Waals surface area contributed by atoms with Crippen LogP contribution in [0.25, 0.3) is 0 Å². The van der Waals surface area contributed by atoms with E-state index in [2.05, 4.69) is 13.8 Å². The second kappa shape index (κ2) is 5.43. The first-order valence-corrected chi connectivity index (χ1v) is 7.45. The van der Waals surface area contributed by atoms with Crippen molar-refractivity contribution in [2.45, 2.75) is 19.4 Å². The molecule has 0 saturated carbocycles. The summed E-state index contributed by atoms with van der Waals surface area (Å²) in [6.07, 6.45) is 0. The lowest BCUT2D eigenvalue weighted by molar-refractivity contribution is -0.129. The third kappa shape index (κ3) is 2.61. The van der Waals surface area contributed by atoms with E-state index in [4.69, 9.17) is 13.9 Å². The van der Waals surface area contributed by atoms with E-state index >= 15 is 0 Å². The highest BCUT2D eigenvalue weighted by Gasteiger charge is 2.40. The van der Waals surface area contributed by atoms with Gasteiger partial charge in [0, 0.05) is 18.4 Å². The van der Waals surface area contributed by atoms with Crippen molar-refractivity contribution in [3.63, 3.8) is 0 Å². The lowest BCUT2D eigenvalue weighted by atomic mass is 9.77. The van der Waals surface area contributed by atoms with Gasteiger partial charge in [0.2, 0.25) is 0 Å². The lowest BCUT2D eigenvalue weighted by Crippen LogP contribution is -2.47. The molecular formula is C11H22O3Si. The Morgan fingerprint density at radius 2 is 1.73 bits per heavy atom. The Balaban J connectivity index is 1.85. The van der Waals surface area contributed by atoms with Crippen LogP contribution in [-0.4, -0.2) is 42.8 Å². The molecule has 0 amide bonds. The molecule has 0 bridgehead atoms. The summed E-state index contributed by atoms with van der Waals surface area (Å²) in [5.41, 5.74) is 0.771. The summed E-state index contributed by atoms with van der Waals surface area (Å²) in [4.78, 5) is 0. The van der Waals surface area contributed by atoms with Crippen LogP contribution in [0.1, 0.15) is 13.8 Å². The summed E-state index contributed by atoms with van der Waals surface area (Å²) in [6, 6.07) is 0. The van der Waals surface area contributed by atoms with Crippen molar-refractivity contribution in [1.82, 2.24) is 0 Å². The number of hydrogen-bond acceptors (Lipinski definition) is 3. The van der Waals surface area contributed by atoms with Crippen molar-refractivity contribution in [3.05, 3.63) is 0 Å². The molecule has 2 aliphatic heterocycles. The topological polar surface area (TPSA) is 27.7 Å². The Bertz CT molecular complexity index is 178. The largest absolute Gasteiger partial charge is 0.424 e. The maximum absolute atomic E-state index is 5.67. The van der Waals surface area contributed by atoms with Gasteiger partial charge in [-0.2, -0.15) is 0 Å². The molecule has 0 aliphatic carbocycles. The first kappa shape index (κ1) is 11.6. The highest BCUT2D eigenvalue weighted by Crippen LogP contribution is 2.39. The summed E-state index contributed by atoms with van der Waals surface area (Å²) < 4.78 is 16.3. The average Bonchev–Trinajstić information content (AvgIpc) is 2.07. The van der Waals surface area contributed by atoms with Gasteiger partial charge in [-0.05, 0) is 18.4 Å². The van der Waals surface area contributed by atoms with Gasteiger partial charge >= 0.3 is 0 Å². The zero-order valence-corrected chi connectivity index (χ0v) is 11.2. The summed E-state index contributed by atoms with van der Waals surface area (Å²) in [5, 5.41) is 0. The molecule has 2 rings (SSSR count). The molecule has 0 radical (unpaired) electrons. The van der Waals surface area contributed by atoms with E-state index < -0.39 is 0 Å². The standard InChI is InChI=1S/C11H22O3Si/c1-3-14-15-8(2)11(9-4-12-5-9)10-6-13-7-10/h8-11H,3-7,15H2,1-2H3. The Morgan fingerprint density at radius 1 is 1.20 bits per heavy atom. The Kier molecular flexibility index (Phi) is 4.19. The van der Waals surface area contributed by atoms with Crippen LogP contribution in [0, 0.1) is 17.8 Å². The van der Waals surface area contributed by atoms with Crippen molar-refractivity contribution >= 4 is 9.76 Å². The molecule has 0 aromatic carbocycles. The molecule has 0 aromatic rings. The fourth-order valence-electron chi connectivity index (χ4n) is 2.68. The van der Waals surface area contributed by atoms with E-state index in [9.17, 15) is 0 Å². The minimum absolute atomic E-state index is 0.359. The van der Waals surface area contributed by atoms with Crippen LogP contribution in [0.5, 0.6) is 0 Å². The number of hydrogen-bond donors (Lipinski definition) is 0. The maximum Gasteiger partial charge on any atom is 0.164 e. The Morgan fingerprint density at radius 3 is 2.07 bits per heavy atom. The fraction of sp³-hybridized carbons (Fsp3) is 1.00. The first-order valence-electron chi connectivity index (χ1n) is 6.06. The van der Waals surface area contributed by atoms with Crippen molar-refractivity contribution in [2.24, 2.45) is 17.8 Å². The van der Waals surface area contributed by atoms with Crippen LogP contribution >= 0.6 is 0 Å². The molecule has 3 nitrogen and oxygen atoms in total. The highest BCUT2D eigenvalue weighted by molar-refractivity contribution is 6.29. The Hall–Kier alpha value is 0.0969. The minimum atomic E-state index is -0.359. The van der Waals surface area contributed by atoms with Crippen LogP contribution in [0.3, 0.4) is 0 Å². The van der Waals surface area contributed by atoms with Gasteiger partial charge in [0.1, 0.15) is 0 Å². The van der Waals surface area contributed by atoms with Crippen molar-refractivity contribution in [1.29, 1.82) is 0 Å². The second-order valence-electron chi connectivity index (χ2n) is 4.81. The lowest BCUT2D eigenvalue weighted by Gasteiger charge is -2.44. The van der Waals surface area contributed by atoms with Crippen molar-refractivity contribution in [3.8, 4) is 0 Å². The van der Waals surface area contributed by atoms with Gasteiger partial charge in [-0.15, -0.1) is 0 Å². The molecule has 15 heavy (non-hydrogen) atoms. The normalized spacial score (nSPS) is 25.8. The summed E-state index contributed by atoms with van der Waals surface area (Å²) in [7, 11) is -0.359.